The topological polar surface area (TPSA) is 49.8 Å². The SMILES string of the molecule is CCNc1nc(C)nc(NCCc2ccccc2)c1C. The molecule has 2 aromatic rings. The fraction of sp³-hybridized carbons (Fsp3) is 0.375. The highest BCUT2D eigenvalue weighted by molar-refractivity contribution is 5.57. The number of aryl methyl sites for hydroxylation is 1. The number of benzene rings is 1. The van der Waals surface area contributed by atoms with Gasteiger partial charge in [0.2, 0.25) is 0 Å². The van der Waals surface area contributed by atoms with E-state index in [1.54, 1.807) is 0 Å². The summed E-state index contributed by atoms with van der Waals surface area (Å²) >= 11 is 0. The molecule has 1 aromatic heterocycles. The van der Waals surface area contributed by atoms with Crippen molar-refractivity contribution in [1.82, 2.24) is 9.97 Å². The quantitative estimate of drug-likeness (QED) is 0.846. The van der Waals surface area contributed by atoms with Crippen LogP contribution in [0.4, 0.5) is 11.6 Å². The number of rotatable bonds is 6. The Balaban J connectivity index is 2.02. The molecule has 1 heterocycles. The van der Waals surface area contributed by atoms with Crippen LogP contribution in [-0.2, 0) is 6.42 Å². The van der Waals surface area contributed by atoms with Gasteiger partial charge in [-0.3, -0.25) is 0 Å². The summed E-state index contributed by atoms with van der Waals surface area (Å²) in [6.07, 6.45) is 0.986. The summed E-state index contributed by atoms with van der Waals surface area (Å²) in [7, 11) is 0. The van der Waals surface area contributed by atoms with Crippen LogP contribution in [-0.4, -0.2) is 23.1 Å². The molecule has 0 spiro atoms. The zero-order valence-electron chi connectivity index (χ0n) is 12.4. The Morgan fingerprint density at radius 2 is 1.60 bits per heavy atom. The molecule has 20 heavy (non-hydrogen) atoms. The van der Waals surface area contributed by atoms with E-state index in [1.807, 2.05) is 19.9 Å². The first-order valence-electron chi connectivity index (χ1n) is 7.07. The van der Waals surface area contributed by atoms with Crippen LogP contribution in [0.25, 0.3) is 0 Å². The first-order valence-corrected chi connectivity index (χ1v) is 7.07. The molecule has 0 aliphatic rings. The van der Waals surface area contributed by atoms with Crippen LogP contribution >= 0.6 is 0 Å². The third-order valence-corrected chi connectivity index (χ3v) is 3.15. The zero-order chi connectivity index (χ0) is 14.4. The summed E-state index contributed by atoms with van der Waals surface area (Å²) in [6, 6.07) is 10.5. The summed E-state index contributed by atoms with van der Waals surface area (Å²) in [6.45, 7) is 7.76. The predicted molar refractivity (Wildman–Crippen MR) is 84.3 cm³/mol. The standard InChI is InChI=1S/C16H22N4/c1-4-17-15-12(2)16(20-13(3)19-15)18-11-10-14-8-6-5-7-9-14/h5-9H,4,10-11H2,1-3H3,(H2,17,18,19,20). The van der Waals surface area contributed by atoms with E-state index in [0.717, 1.165) is 42.5 Å². The van der Waals surface area contributed by atoms with E-state index in [9.17, 15) is 0 Å². The van der Waals surface area contributed by atoms with Crippen molar-refractivity contribution in [1.29, 1.82) is 0 Å². The van der Waals surface area contributed by atoms with E-state index in [0.29, 0.717) is 0 Å². The number of nitrogens with one attached hydrogen (secondary N) is 2. The Morgan fingerprint density at radius 1 is 0.950 bits per heavy atom. The van der Waals surface area contributed by atoms with Crippen LogP contribution in [0.3, 0.4) is 0 Å². The van der Waals surface area contributed by atoms with Gasteiger partial charge in [-0.25, -0.2) is 9.97 Å². The summed E-state index contributed by atoms with van der Waals surface area (Å²) in [4.78, 5) is 8.91. The third-order valence-electron chi connectivity index (χ3n) is 3.15. The van der Waals surface area contributed by atoms with Gasteiger partial charge in [0.25, 0.3) is 0 Å². The molecule has 0 amide bonds. The molecular weight excluding hydrogens is 248 g/mol. The largest absolute Gasteiger partial charge is 0.370 e. The van der Waals surface area contributed by atoms with Crippen molar-refractivity contribution in [2.24, 2.45) is 0 Å². The fourth-order valence-corrected chi connectivity index (χ4v) is 2.11. The van der Waals surface area contributed by atoms with Crippen LogP contribution in [0.2, 0.25) is 0 Å². The van der Waals surface area contributed by atoms with Crippen LogP contribution in [0, 0.1) is 13.8 Å². The van der Waals surface area contributed by atoms with Crippen molar-refractivity contribution < 1.29 is 0 Å². The predicted octanol–water partition coefficient (Wildman–Crippen LogP) is 3.18. The number of hydrogen-bond acceptors (Lipinski definition) is 4. The number of nitrogens with zero attached hydrogens (tertiary/aromatic N) is 2. The molecule has 0 radical (unpaired) electrons. The molecular formula is C16H22N4. The monoisotopic (exact) mass is 270 g/mol. The van der Waals surface area contributed by atoms with E-state index in [1.165, 1.54) is 5.56 Å². The molecule has 1 aromatic carbocycles. The molecule has 0 saturated heterocycles. The molecule has 0 atom stereocenters. The molecule has 0 saturated carbocycles. The maximum atomic E-state index is 4.48. The van der Waals surface area contributed by atoms with Crippen molar-refractivity contribution in [3.63, 3.8) is 0 Å². The lowest BCUT2D eigenvalue weighted by atomic mass is 10.1. The molecule has 4 nitrogen and oxygen atoms in total. The summed E-state index contributed by atoms with van der Waals surface area (Å²) in [5.41, 5.74) is 2.40. The number of hydrogen-bond donors (Lipinski definition) is 2. The van der Waals surface area contributed by atoms with Gasteiger partial charge in [-0.2, -0.15) is 0 Å². The van der Waals surface area contributed by atoms with Crippen LogP contribution in [0.5, 0.6) is 0 Å². The molecule has 2 N–H and O–H groups in total. The Morgan fingerprint density at radius 3 is 2.25 bits per heavy atom. The lowest BCUT2D eigenvalue weighted by molar-refractivity contribution is 0.966. The highest BCUT2D eigenvalue weighted by Gasteiger charge is 2.07. The van der Waals surface area contributed by atoms with E-state index in [2.05, 4.69) is 51.8 Å². The van der Waals surface area contributed by atoms with Crippen molar-refractivity contribution >= 4 is 11.6 Å². The van der Waals surface area contributed by atoms with Gasteiger partial charge >= 0.3 is 0 Å². The normalized spacial score (nSPS) is 10.3. The van der Waals surface area contributed by atoms with Crippen molar-refractivity contribution in [2.45, 2.75) is 27.2 Å². The highest BCUT2D eigenvalue weighted by Crippen LogP contribution is 2.19. The minimum atomic E-state index is 0.786. The Kier molecular flexibility index (Phi) is 4.93. The van der Waals surface area contributed by atoms with Crippen LogP contribution in [0.1, 0.15) is 23.9 Å². The van der Waals surface area contributed by atoms with Gasteiger partial charge in [-0.1, -0.05) is 30.3 Å². The van der Waals surface area contributed by atoms with Gasteiger partial charge in [0.05, 0.1) is 0 Å². The molecule has 2 rings (SSSR count). The molecule has 0 fully saturated rings. The van der Waals surface area contributed by atoms with E-state index >= 15 is 0 Å². The van der Waals surface area contributed by atoms with Crippen LogP contribution < -0.4 is 10.6 Å². The van der Waals surface area contributed by atoms with Gasteiger partial charge in [0, 0.05) is 18.7 Å². The fourth-order valence-electron chi connectivity index (χ4n) is 2.11. The van der Waals surface area contributed by atoms with E-state index in [4.69, 9.17) is 0 Å². The Bertz CT molecular complexity index is 552. The van der Waals surface area contributed by atoms with Gasteiger partial charge in [0.15, 0.2) is 0 Å². The summed E-state index contributed by atoms with van der Waals surface area (Å²) < 4.78 is 0. The van der Waals surface area contributed by atoms with E-state index < -0.39 is 0 Å². The lowest BCUT2D eigenvalue weighted by Crippen LogP contribution is -2.12. The highest BCUT2D eigenvalue weighted by atomic mass is 15.1. The van der Waals surface area contributed by atoms with Gasteiger partial charge < -0.3 is 10.6 Å². The van der Waals surface area contributed by atoms with Crippen molar-refractivity contribution in [3.05, 3.63) is 47.3 Å². The number of anilines is 2. The Labute approximate surface area is 120 Å². The second-order valence-electron chi connectivity index (χ2n) is 4.79. The maximum absolute atomic E-state index is 4.48. The average Bonchev–Trinajstić information content (AvgIpc) is 2.45. The van der Waals surface area contributed by atoms with Gasteiger partial charge in [0.1, 0.15) is 17.5 Å². The second-order valence-corrected chi connectivity index (χ2v) is 4.79. The average molecular weight is 270 g/mol. The zero-order valence-corrected chi connectivity index (χ0v) is 12.4. The number of aromatic nitrogens is 2. The van der Waals surface area contributed by atoms with Crippen LogP contribution in [0.15, 0.2) is 30.3 Å². The molecule has 0 aliphatic carbocycles. The first-order chi connectivity index (χ1) is 9.70. The van der Waals surface area contributed by atoms with E-state index in [-0.39, 0.29) is 0 Å². The first kappa shape index (κ1) is 14.3. The Hall–Kier alpha value is -2.10. The smallest absolute Gasteiger partial charge is 0.134 e. The molecule has 0 aliphatic heterocycles. The van der Waals surface area contributed by atoms with Crippen molar-refractivity contribution in [3.8, 4) is 0 Å². The lowest BCUT2D eigenvalue weighted by Gasteiger charge is -2.13. The summed E-state index contributed by atoms with van der Waals surface area (Å²) in [5.74, 6) is 2.63. The maximum Gasteiger partial charge on any atom is 0.134 e. The van der Waals surface area contributed by atoms with Gasteiger partial charge in [-0.15, -0.1) is 0 Å². The second kappa shape index (κ2) is 6.89. The summed E-state index contributed by atoms with van der Waals surface area (Å²) in [5, 5.41) is 6.68. The van der Waals surface area contributed by atoms with Gasteiger partial charge in [-0.05, 0) is 32.8 Å². The minimum absolute atomic E-state index is 0.786. The molecule has 4 heteroatoms. The molecule has 0 unspecified atom stereocenters. The molecule has 106 valence electrons. The minimum Gasteiger partial charge on any atom is -0.370 e. The van der Waals surface area contributed by atoms with Crippen molar-refractivity contribution in [2.75, 3.05) is 23.7 Å². The third kappa shape index (κ3) is 3.70. The molecule has 0 bridgehead atoms.